The van der Waals surface area contributed by atoms with Crippen molar-refractivity contribution in [1.82, 2.24) is 10.2 Å². The van der Waals surface area contributed by atoms with E-state index in [4.69, 9.17) is 33.0 Å². The van der Waals surface area contributed by atoms with E-state index >= 15 is 0 Å². The first-order valence-electron chi connectivity index (χ1n) is 14.2. The van der Waals surface area contributed by atoms with Crippen molar-refractivity contribution in [3.8, 4) is 5.75 Å². The van der Waals surface area contributed by atoms with E-state index in [1.165, 1.54) is 0 Å². The first-order valence-corrected chi connectivity index (χ1v) is 14.9. The highest BCUT2D eigenvalue weighted by Gasteiger charge is 2.27. The summed E-state index contributed by atoms with van der Waals surface area (Å²) < 4.78 is 5.98. The molecule has 0 spiro atoms. The van der Waals surface area contributed by atoms with Crippen molar-refractivity contribution < 1.29 is 24.2 Å². The Bertz CT molecular complexity index is 1240. The van der Waals surface area contributed by atoms with Crippen LogP contribution >= 0.6 is 23.2 Å². The summed E-state index contributed by atoms with van der Waals surface area (Å²) in [6.45, 7) is 7.37. The molecule has 0 aliphatic carbocycles. The van der Waals surface area contributed by atoms with Gasteiger partial charge in [-0.05, 0) is 49.6 Å². The summed E-state index contributed by atoms with van der Waals surface area (Å²) in [5.74, 6) is -1.09. The molecular weight excluding hydrogens is 567 g/mol. The molecule has 222 valence electrons. The Morgan fingerprint density at radius 1 is 1.15 bits per heavy atom. The Labute approximate surface area is 251 Å². The summed E-state index contributed by atoms with van der Waals surface area (Å²) in [6.07, 6.45) is 2.44. The number of hydrogen-bond donors (Lipinski definition) is 3. The lowest BCUT2D eigenvalue weighted by atomic mass is 9.90. The number of unbranched alkanes of at least 4 members (excludes halogenated alkanes) is 1. The summed E-state index contributed by atoms with van der Waals surface area (Å²) in [7, 11) is 0. The number of aliphatic carboxylic acids is 1. The number of carboxylic acids is 1. The molecule has 41 heavy (non-hydrogen) atoms. The first kappa shape index (κ1) is 30.9. The maximum Gasteiger partial charge on any atom is 0.303 e. The second-order valence-electron chi connectivity index (χ2n) is 10.7. The number of carbonyl (C=O) groups is 3. The van der Waals surface area contributed by atoms with E-state index in [1.807, 2.05) is 30.3 Å². The number of ether oxygens (including phenoxy) is 1. The Kier molecular flexibility index (Phi) is 11.1. The van der Waals surface area contributed by atoms with E-state index in [9.17, 15) is 14.4 Å². The Hall–Kier alpha value is -3.01. The summed E-state index contributed by atoms with van der Waals surface area (Å²) in [5, 5.41) is 15.8. The Morgan fingerprint density at radius 2 is 1.93 bits per heavy atom. The minimum atomic E-state index is -0.921. The average Bonchev–Trinajstić information content (AvgIpc) is 2.95. The quantitative estimate of drug-likeness (QED) is 0.275. The number of carboxylic acid groups (broad SMARTS) is 1. The van der Waals surface area contributed by atoms with E-state index in [2.05, 4.69) is 20.4 Å². The minimum absolute atomic E-state index is 0.0520. The Balaban J connectivity index is 1.18. The molecule has 9 nitrogen and oxygen atoms in total. The molecule has 2 aliphatic rings. The SMILES string of the molecule is CC(CCC(=O)O)C(=O)NCC1CC(=O)Nc2cc(OCCCCN3CCN(c4cccc(Cl)c4Cl)CC3)ccc21. The maximum absolute atomic E-state index is 12.4. The fourth-order valence-electron chi connectivity index (χ4n) is 5.25. The number of rotatable bonds is 13. The molecule has 2 amide bonds. The lowest BCUT2D eigenvalue weighted by Gasteiger charge is -2.36. The molecule has 3 N–H and O–H groups in total. The zero-order valence-corrected chi connectivity index (χ0v) is 24.8. The van der Waals surface area contributed by atoms with Crippen LogP contribution in [0, 0.1) is 5.92 Å². The van der Waals surface area contributed by atoms with Gasteiger partial charge in [0.15, 0.2) is 0 Å². The summed E-state index contributed by atoms with van der Waals surface area (Å²) in [6, 6.07) is 11.4. The van der Waals surface area contributed by atoms with Gasteiger partial charge in [0, 0.05) is 69.2 Å². The number of halogens is 2. The molecule has 0 bridgehead atoms. The molecule has 2 aliphatic heterocycles. The predicted molar refractivity (Wildman–Crippen MR) is 161 cm³/mol. The van der Waals surface area contributed by atoms with Crippen LogP contribution in [-0.2, 0) is 14.4 Å². The number of nitrogens with zero attached hydrogens (tertiary/aromatic N) is 2. The first-order chi connectivity index (χ1) is 19.7. The molecule has 1 saturated heterocycles. The second-order valence-corrected chi connectivity index (χ2v) is 11.5. The number of amides is 2. The number of benzene rings is 2. The molecule has 2 aromatic carbocycles. The molecule has 4 rings (SSSR count). The van der Waals surface area contributed by atoms with E-state index in [0.29, 0.717) is 34.6 Å². The average molecular weight is 606 g/mol. The second kappa shape index (κ2) is 14.8. The fourth-order valence-corrected chi connectivity index (χ4v) is 5.67. The van der Waals surface area contributed by atoms with Gasteiger partial charge < -0.3 is 25.4 Å². The van der Waals surface area contributed by atoms with Gasteiger partial charge in [0.25, 0.3) is 0 Å². The lowest BCUT2D eigenvalue weighted by Crippen LogP contribution is -2.46. The molecule has 0 radical (unpaired) electrons. The van der Waals surface area contributed by atoms with Gasteiger partial charge in [0.1, 0.15) is 5.75 Å². The topological polar surface area (TPSA) is 111 Å². The van der Waals surface area contributed by atoms with Crippen LogP contribution in [0.5, 0.6) is 5.75 Å². The lowest BCUT2D eigenvalue weighted by molar-refractivity contribution is -0.137. The van der Waals surface area contributed by atoms with E-state index < -0.39 is 11.9 Å². The number of fused-ring (bicyclic) bond motifs is 1. The van der Waals surface area contributed by atoms with Crippen LogP contribution in [0.25, 0.3) is 0 Å². The number of piperazine rings is 1. The van der Waals surface area contributed by atoms with Crippen molar-refractivity contribution in [2.75, 3.05) is 56.1 Å². The normalized spacial score (nSPS) is 17.9. The third-order valence-corrected chi connectivity index (χ3v) is 8.52. The van der Waals surface area contributed by atoms with Gasteiger partial charge in [-0.1, -0.05) is 42.3 Å². The summed E-state index contributed by atoms with van der Waals surface area (Å²) in [5.41, 5.74) is 2.65. The van der Waals surface area contributed by atoms with E-state index in [0.717, 1.165) is 56.8 Å². The maximum atomic E-state index is 12.4. The molecule has 2 atom stereocenters. The fraction of sp³-hybridized carbons (Fsp3) is 0.500. The van der Waals surface area contributed by atoms with Crippen LogP contribution in [-0.4, -0.2) is 73.7 Å². The van der Waals surface area contributed by atoms with Gasteiger partial charge >= 0.3 is 5.97 Å². The highest BCUT2D eigenvalue weighted by molar-refractivity contribution is 6.43. The van der Waals surface area contributed by atoms with E-state index in [-0.39, 0.29) is 37.0 Å². The van der Waals surface area contributed by atoms with Crippen molar-refractivity contribution in [3.05, 3.63) is 52.0 Å². The zero-order valence-electron chi connectivity index (χ0n) is 23.3. The Morgan fingerprint density at radius 3 is 2.68 bits per heavy atom. The number of nitrogens with one attached hydrogen (secondary N) is 2. The molecule has 2 aromatic rings. The van der Waals surface area contributed by atoms with Crippen LogP contribution in [0.4, 0.5) is 11.4 Å². The van der Waals surface area contributed by atoms with E-state index in [1.54, 1.807) is 13.0 Å². The highest BCUT2D eigenvalue weighted by atomic mass is 35.5. The molecule has 0 aromatic heterocycles. The number of carbonyl (C=O) groups excluding carboxylic acids is 2. The number of hydrogen-bond acceptors (Lipinski definition) is 6. The largest absolute Gasteiger partial charge is 0.494 e. The van der Waals surface area contributed by atoms with Crippen molar-refractivity contribution in [3.63, 3.8) is 0 Å². The van der Waals surface area contributed by atoms with Gasteiger partial charge in [-0.2, -0.15) is 0 Å². The molecule has 11 heteroatoms. The van der Waals surface area contributed by atoms with Crippen LogP contribution in [0.15, 0.2) is 36.4 Å². The van der Waals surface area contributed by atoms with Gasteiger partial charge in [-0.15, -0.1) is 0 Å². The van der Waals surface area contributed by atoms with Crippen LogP contribution in [0.2, 0.25) is 10.0 Å². The van der Waals surface area contributed by atoms with Gasteiger partial charge in [-0.25, -0.2) is 0 Å². The molecule has 2 unspecified atom stereocenters. The summed E-state index contributed by atoms with van der Waals surface area (Å²) >= 11 is 12.6. The predicted octanol–water partition coefficient (Wildman–Crippen LogP) is 5.02. The highest BCUT2D eigenvalue weighted by Crippen LogP contribution is 2.35. The van der Waals surface area contributed by atoms with Gasteiger partial charge in [0.05, 0.1) is 22.3 Å². The van der Waals surface area contributed by atoms with Crippen molar-refractivity contribution >= 4 is 52.4 Å². The summed E-state index contributed by atoms with van der Waals surface area (Å²) in [4.78, 5) is 40.2. The number of anilines is 2. The molecular formula is C30H38Cl2N4O5. The zero-order chi connectivity index (χ0) is 29.4. The molecule has 1 fully saturated rings. The van der Waals surface area contributed by atoms with Gasteiger partial charge in [-0.3, -0.25) is 19.3 Å². The van der Waals surface area contributed by atoms with Crippen molar-refractivity contribution in [1.29, 1.82) is 0 Å². The monoisotopic (exact) mass is 604 g/mol. The smallest absolute Gasteiger partial charge is 0.303 e. The standard InChI is InChI=1S/C30H38Cl2N4O5/c1-20(7-10-28(38)39)30(40)33-19-21-17-27(37)34-25-18-22(8-9-23(21)25)41-16-3-2-11-35-12-14-36(15-13-35)26-6-4-5-24(31)29(26)32/h4-6,8-9,18,20-21H,2-3,7,10-17,19H2,1H3,(H,33,40)(H,34,37)(H,38,39). The van der Waals surface area contributed by atoms with Crippen LogP contribution in [0.3, 0.4) is 0 Å². The van der Waals surface area contributed by atoms with Gasteiger partial charge in [0.2, 0.25) is 11.8 Å². The van der Waals surface area contributed by atoms with Crippen LogP contribution in [0.1, 0.15) is 50.5 Å². The minimum Gasteiger partial charge on any atom is -0.494 e. The third kappa shape index (κ3) is 8.74. The third-order valence-electron chi connectivity index (χ3n) is 7.71. The van der Waals surface area contributed by atoms with Crippen LogP contribution < -0.4 is 20.3 Å². The van der Waals surface area contributed by atoms with Crippen molar-refractivity contribution in [2.45, 2.75) is 44.9 Å². The molecule has 2 heterocycles. The van der Waals surface area contributed by atoms with Crippen molar-refractivity contribution in [2.24, 2.45) is 5.92 Å². The molecule has 0 saturated carbocycles.